The number of carbonyl (C=O) groups is 2. The van der Waals surface area contributed by atoms with E-state index in [1.807, 2.05) is 11.8 Å². The van der Waals surface area contributed by atoms with E-state index >= 15 is 0 Å². The van der Waals surface area contributed by atoms with Crippen LogP contribution >= 0.6 is 0 Å². The van der Waals surface area contributed by atoms with Crippen molar-refractivity contribution in [3.8, 4) is 0 Å². The summed E-state index contributed by atoms with van der Waals surface area (Å²) in [7, 11) is 1.46. The molecule has 0 aromatic rings. The zero-order valence-corrected chi connectivity index (χ0v) is 9.75. The smallest absolute Gasteiger partial charge is 0.321 e. The van der Waals surface area contributed by atoms with Crippen LogP contribution in [0, 0.1) is 0 Å². The van der Waals surface area contributed by atoms with E-state index in [0.29, 0.717) is 19.6 Å². The number of rotatable bonds is 4. The Labute approximate surface area is 95.0 Å². The molecule has 16 heavy (non-hydrogen) atoms. The summed E-state index contributed by atoms with van der Waals surface area (Å²) in [4.78, 5) is 24.0. The SMILES string of the molecule is CCC1(O)CN(CCC(=O)NC(=O)NC)C1. The van der Waals surface area contributed by atoms with Gasteiger partial charge < -0.3 is 10.4 Å². The van der Waals surface area contributed by atoms with Gasteiger partial charge >= 0.3 is 6.03 Å². The van der Waals surface area contributed by atoms with Crippen molar-refractivity contribution in [2.75, 3.05) is 26.7 Å². The summed E-state index contributed by atoms with van der Waals surface area (Å²) in [6.45, 7) is 3.73. The second-order valence-electron chi connectivity index (χ2n) is 4.17. The largest absolute Gasteiger partial charge is 0.387 e. The van der Waals surface area contributed by atoms with E-state index in [-0.39, 0.29) is 12.3 Å². The van der Waals surface area contributed by atoms with Crippen LogP contribution in [0.2, 0.25) is 0 Å². The first kappa shape index (κ1) is 12.9. The fourth-order valence-corrected chi connectivity index (χ4v) is 1.68. The fraction of sp³-hybridized carbons (Fsp3) is 0.800. The number of hydrogen-bond donors (Lipinski definition) is 3. The molecule has 1 saturated heterocycles. The number of urea groups is 1. The molecule has 6 nitrogen and oxygen atoms in total. The topological polar surface area (TPSA) is 81.7 Å². The van der Waals surface area contributed by atoms with E-state index in [9.17, 15) is 14.7 Å². The molecule has 0 saturated carbocycles. The summed E-state index contributed by atoms with van der Waals surface area (Å²) in [6, 6.07) is -0.487. The molecule has 0 radical (unpaired) electrons. The van der Waals surface area contributed by atoms with E-state index in [4.69, 9.17) is 0 Å². The molecular weight excluding hydrogens is 210 g/mol. The van der Waals surface area contributed by atoms with Crippen LogP contribution in [0.5, 0.6) is 0 Å². The first-order chi connectivity index (χ1) is 7.49. The number of aliphatic hydroxyl groups is 1. The molecule has 1 aliphatic rings. The van der Waals surface area contributed by atoms with Crippen molar-refractivity contribution in [2.24, 2.45) is 0 Å². The molecule has 0 spiro atoms. The van der Waals surface area contributed by atoms with Crippen LogP contribution in [0.15, 0.2) is 0 Å². The highest BCUT2D eigenvalue weighted by Gasteiger charge is 2.38. The number of amides is 3. The lowest BCUT2D eigenvalue weighted by Crippen LogP contribution is -2.61. The number of imide groups is 1. The minimum atomic E-state index is -0.572. The highest BCUT2D eigenvalue weighted by atomic mass is 16.3. The van der Waals surface area contributed by atoms with Crippen molar-refractivity contribution >= 4 is 11.9 Å². The Balaban J connectivity index is 2.13. The van der Waals surface area contributed by atoms with Gasteiger partial charge in [-0.15, -0.1) is 0 Å². The lowest BCUT2D eigenvalue weighted by molar-refractivity contribution is -0.124. The maximum Gasteiger partial charge on any atom is 0.321 e. The standard InChI is InChI=1S/C10H19N3O3/c1-3-10(16)6-13(7-10)5-4-8(14)12-9(15)11-2/h16H,3-7H2,1-2H3,(H2,11,12,14,15). The Kier molecular flexibility index (Phi) is 4.26. The minimum Gasteiger partial charge on any atom is -0.387 e. The Morgan fingerprint density at radius 3 is 2.56 bits per heavy atom. The molecule has 1 heterocycles. The average Bonchev–Trinajstić information content (AvgIpc) is 2.22. The van der Waals surface area contributed by atoms with Gasteiger partial charge in [-0.25, -0.2) is 4.79 Å². The van der Waals surface area contributed by atoms with Crippen molar-refractivity contribution in [2.45, 2.75) is 25.4 Å². The molecule has 0 bridgehead atoms. The van der Waals surface area contributed by atoms with Gasteiger partial charge in [0.1, 0.15) is 0 Å². The molecule has 1 aliphatic heterocycles. The molecule has 0 unspecified atom stereocenters. The Bertz CT molecular complexity index is 274. The number of carbonyl (C=O) groups excluding carboxylic acids is 2. The van der Waals surface area contributed by atoms with Crippen molar-refractivity contribution in [3.63, 3.8) is 0 Å². The summed E-state index contributed by atoms with van der Waals surface area (Å²) < 4.78 is 0. The zero-order chi connectivity index (χ0) is 12.2. The molecule has 3 N–H and O–H groups in total. The van der Waals surface area contributed by atoms with Crippen LogP contribution in [0.3, 0.4) is 0 Å². The molecule has 3 amide bonds. The predicted octanol–water partition coefficient (Wildman–Crippen LogP) is -0.711. The Morgan fingerprint density at radius 2 is 2.06 bits per heavy atom. The summed E-state index contributed by atoms with van der Waals surface area (Å²) in [5.41, 5.74) is -0.572. The van der Waals surface area contributed by atoms with Gasteiger partial charge in [0.15, 0.2) is 0 Å². The summed E-state index contributed by atoms with van der Waals surface area (Å²) in [5, 5.41) is 14.2. The van der Waals surface area contributed by atoms with E-state index in [0.717, 1.165) is 6.42 Å². The van der Waals surface area contributed by atoms with Crippen LogP contribution < -0.4 is 10.6 Å². The zero-order valence-electron chi connectivity index (χ0n) is 9.75. The Morgan fingerprint density at radius 1 is 1.44 bits per heavy atom. The normalized spacial score (nSPS) is 18.7. The van der Waals surface area contributed by atoms with E-state index in [1.54, 1.807) is 0 Å². The molecule has 1 fully saturated rings. The quantitative estimate of drug-likeness (QED) is 0.595. The van der Waals surface area contributed by atoms with E-state index < -0.39 is 11.6 Å². The van der Waals surface area contributed by atoms with Gasteiger partial charge in [0, 0.05) is 33.1 Å². The molecule has 0 aromatic heterocycles. The maximum atomic E-state index is 11.2. The molecule has 0 aliphatic carbocycles. The van der Waals surface area contributed by atoms with Gasteiger partial charge in [-0.1, -0.05) is 6.92 Å². The van der Waals surface area contributed by atoms with Crippen LogP contribution in [-0.4, -0.2) is 54.2 Å². The number of nitrogens with zero attached hydrogens (tertiary/aromatic N) is 1. The monoisotopic (exact) mass is 229 g/mol. The minimum absolute atomic E-state index is 0.271. The van der Waals surface area contributed by atoms with E-state index in [1.165, 1.54) is 7.05 Å². The number of hydrogen-bond acceptors (Lipinski definition) is 4. The molecule has 0 aromatic carbocycles. The lowest BCUT2D eigenvalue weighted by Gasteiger charge is -2.46. The van der Waals surface area contributed by atoms with Crippen molar-refractivity contribution in [1.82, 2.24) is 15.5 Å². The number of β-amino-alcohol motifs (C(OH)–C–C–N with tert-alkyl or cyclic N) is 1. The average molecular weight is 229 g/mol. The van der Waals surface area contributed by atoms with Crippen molar-refractivity contribution in [1.29, 1.82) is 0 Å². The molecule has 92 valence electrons. The summed E-state index contributed by atoms with van der Waals surface area (Å²) >= 11 is 0. The molecule has 0 atom stereocenters. The fourth-order valence-electron chi connectivity index (χ4n) is 1.68. The third-order valence-electron chi connectivity index (χ3n) is 2.83. The highest BCUT2D eigenvalue weighted by Crippen LogP contribution is 2.23. The first-order valence-corrected chi connectivity index (χ1v) is 5.45. The van der Waals surface area contributed by atoms with Crippen LogP contribution in [0.1, 0.15) is 19.8 Å². The van der Waals surface area contributed by atoms with Gasteiger partial charge in [0.2, 0.25) is 5.91 Å². The van der Waals surface area contributed by atoms with E-state index in [2.05, 4.69) is 10.6 Å². The molecule has 1 rings (SSSR count). The number of likely N-dealkylation sites (tertiary alicyclic amines) is 1. The Hall–Kier alpha value is -1.14. The van der Waals surface area contributed by atoms with Crippen LogP contribution in [-0.2, 0) is 4.79 Å². The van der Waals surface area contributed by atoms with Crippen molar-refractivity contribution in [3.05, 3.63) is 0 Å². The third kappa shape index (κ3) is 3.46. The maximum absolute atomic E-state index is 11.2. The van der Waals surface area contributed by atoms with Crippen LogP contribution in [0.25, 0.3) is 0 Å². The van der Waals surface area contributed by atoms with Gasteiger partial charge in [-0.2, -0.15) is 0 Å². The molecular formula is C10H19N3O3. The van der Waals surface area contributed by atoms with Gasteiger partial charge in [-0.3, -0.25) is 15.0 Å². The second kappa shape index (κ2) is 5.27. The first-order valence-electron chi connectivity index (χ1n) is 5.45. The van der Waals surface area contributed by atoms with Gasteiger partial charge in [-0.05, 0) is 6.42 Å². The highest BCUT2D eigenvalue weighted by molar-refractivity contribution is 5.94. The van der Waals surface area contributed by atoms with Crippen LogP contribution in [0.4, 0.5) is 4.79 Å². The second-order valence-corrected chi connectivity index (χ2v) is 4.17. The third-order valence-corrected chi connectivity index (χ3v) is 2.83. The lowest BCUT2D eigenvalue weighted by atomic mass is 9.91. The summed E-state index contributed by atoms with van der Waals surface area (Å²) in [6.07, 6.45) is 1.00. The number of nitrogens with one attached hydrogen (secondary N) is 2. The van der Waals surface area contributed by atoms with Crippen molar-refractivity contribution < 1.29 is 14.7 Å². The molecule has 6 heteroatoms. The van der Waals surface area contributed by atoms with Gasteiger partial charge in [0.05, 0.1) is 5.60 Å². The predicted molar refractivity (Wildman–Crippen MR) is 58.9 cm³/mol. The van der Waals surface area contributed by atoms with Gasteiger partial charge in [0.25, 0.3) is 0 Å². The summed E-state index contributed by atoms with van der Waals surface area (Å²) in [5.74, 6) is -0.300.